The van der Waals surface area contributed by atoms with Crippen molar-refractivity contribution in [3.05, 3.63) is 71.2 Å². The Morgan fingerprint density at radius 2 is 1.64 bits per heavy atom. The number of anilines is 1. The first-order chi connectivity index (χ1) is 10.7. The molecule has 1 atom stereocenters. The molecule has 2 aromatic rings. The van der Waals surface area contributed by atoms with Crippen LogP contribution in [0.15, 0.2) is 66.2 Å². The SMILES string of the molecule is C=CC1COC(=Nc2ccc(Cl)cc2)N1c1ccc(Cl)cc1. The van der Waals surface area contributed by atoms with Crippen molar-refractivity contribution < 1.29 is 4.74 Å². The van der Waals surface area contributed by atoms with Crippen molar-refractivity contribution in [2.24, 2.45) is 4.99 Å². The van der Waals surface area contributed by atoms with Gasteiger partial charge in [0.25, 0.3) is 6.02 Å². The predicted molar refractivity (Wildman–Crippen MR) is 92.4 cm³/mol. The zero-order valence-corrected chi connectivity index (χ0v) is 13.3. The molecule has 1 aliphatic rings. The largest absolute Gasteiger partial charge is 0.462 e. The van der Waals surface area contributed by atoms with Gasteiger partial charge in [0.15, 0.2) is 0 Å². The molecule has 0 spiro atoms. The van der Waals surface area contributed by atoms with E-state index in [4.69, 9.17) is 27.9 Å². The Morgan fingerprint density at radius 1 is 1.05 bits per heavy atom. The average Bonchev–Trinajstić information content (AvgIpc) is 2.93. The molecule has 0 aromatic heterocycles. The second-order valence-corrected chi connectivity index (χ2v) is 5.70. The van der Waals surface area contributed by atoms with E-state index in [1.54, 1.807) is 12.1 Å². The number of ether oxygens (including phenoxy) is 1. The Hall–Kier alpha value is -1.97. The number of benzene rings is 2. The van der Waals surface area contributed by atoms with E-state index in [0.717, 1.165) is 11.4 Å². The first-order valence-corrected chi connectivity index (χ1v) is 7.57. The zero-order chi connectivity index (χ0) is 15.5. The summed E-state index contributed by atoms with van der Waals surface area (Å²) < 4.78 is 5.73. The standard InChI is InChI=1S/C17H14Cl2N2O/c1-2-15-11-22-17(20-14-7-3-12(18)4-8-14)21(15)16-9-5-13(19)6-10-16/h2-10,15H,1,11H2. The van der Waals surface area contributed by atoms with Crippen LogP contribution in [0.5, 0.6) is 0 Å². The molecule has 0 aliphatic carbocycles. The van der Waals surface area contributed by atoms with Gasteiger partial charge in [0, 0.05) is 15.7 Å². The number of amidine groups is 1. The van der Waals surface area contributed by atoms with Crippen molar-refractivity contribution in [3.8, 4) is 0 Å². The van der Waals surface area contributed by atoms with Crippen LogP contribution in [0.1, 0.15) is 0 Å². The molecule has 0 radical (unpaired) electrons. The summed E-state index contributed by atoms with van der Waals surface area (Å²) in [5.41, 5.74) is 1.74. The van der Waals surface area contributed by atoms with E-state index in [-0.39, 0.29) is 6.04 Å². The summed E-state index contributed by atoms with van der Waals surface area (Å²) in [5.74, 6) is 0. The van der Waals surface area contributed by atoms with E-state index in [1.165, 1.54) is 0 Å². The summed E-state index contributed by atoms with van der Waals surface area (Å²) in [7, 11) is 0. The minimum absolute atomic E-state index is 0.0345. The fourth-order valence-corrected chi connectivity index (χ4v) is 2.49. The minimum atomic E-state index is 0.0345. The lowest BCUT2D eigenvalue weighted by Gasteiger charge is -2.21. The van der Waals surface area contributed by atoms with Crippen molar-refractivity contribution in [2.45, 2.75) is 6.04 Å². The maximum Gasteiger partial charge on any atom is 0.297 e. The number of hydrogen-bond donors (Lipinski definition) is 0. The smallest absolute Gasteiger partial charge is 0.297 e. The molecule has 1 unspecified atom stereocenters. The molecule has 3 rings (SSSR count). The lowest BCUT2D eigenvalue weighted by Crippen LogP contribution is -2.32. The summed E-state index contributed by atoms with van der Waals surface area (Å²) in [4.78, 5) is 6.56. The van der Waals surface area contributed by atoms with Crippen molar-refractivity contribution in [1.29, 1.82) is 0 Å². The van der Waals surface area contributed by atoms with Crippen molar-refractivity contribution in [3.63, 3.8) is 0 Å². The van der Waals surface area contributed by atoms with Crippen molar-refractivity contribution in [2.75, 3.05) is 11.5 Å². The van der Waals surface area contributed by atoms with Gasteiger partial charge in [0.05, 0.1) is 11.7 Å². The van der Waals surface area contributed by atoms with Gasteiger partial charge in [-0.05, 0) is 48.5 Å². The lowest BCUT2D eigenvalue weighted by atomic mass is 10.2. The number of rotatable bonds is 3. The molecule has 1 aliphatic heterocycles. The number of aliphatic imine (C=N–C) groups is 1. The Balaban J connectivity index is 1.96. The highest BCUT2D eigenvalue weighted by molar-refractivity contribution is 6.31. The summed E-state index contributed by atoms with van der Waals surface area (Å²) in [5, 5.41) is 1.37. The molecule has 0 N–H and O–H groups in total. The molecule has 1 heterocycles. The van der Waals surface area contributed by atoms with Crippen LogP contribution < -0.4 is 4.90 Å². The molecule has 2 aromatic carbocycles. The first kappa shape index (κ1) is 14.9. The van der Waals surface area contributed by atoms with Gasteiger partial charge in [-0.15, -0.1) is 6.58 Å². The van der Waals surface area contributed by atoms with Crippen LogP contribution in [0.2, 0.25) is 10.0 Å². The molecule has 5 heteroatoms. The molecule has 0 bridgehead atoms. The summed E-state index contributed by atoms with van der Waals surface area (Å²) in [6.45, 7) is 4.38. The quantitative estimate of drug-likeness (QED) is 0.733. The third-order valence-corrected chi connectivity index (χ3v) is 3.85. The zero-order valence-electron chi connectivity index (χ0n) is 11.7. The van der Waals surface area contributed by atoms with Gasteiger partial charge in [-0.25, -0.2) is 0 Å². The fourth-order valence-electron chi connectivity index (χ4n) is 2.24. The Morgan fingerprint density at radius 3 is 2.23 bits per heavy atom. The Labute approximate surface area is 139 Å². The molecule has 0 saturated carbocycles. The van der Waals surface area contributed by atoms with Crippen LogP contribution in [0.4, 0.5) is 11.4 Å². The highest BCUT2D eigenvalue weighted by Crippen LogP contribution is 2.27. The molecule has 1 fully saturated rings. The van der Waals surface area contributed by atoms with Gasteiger partial charge in [-0.2, -0.15) is 4.99 Å². The second kappa shape index (κ2) is 6.42. The van der Waals surface area contributed by atoms with E-state index in [2.05, 4.69) is 11.6 Å². The normalized spacial score (nSPS) is 19.3. The molecular weight excluding hydrogens is 319 g/mol. The van der Waals surface area contributed by atoms with E-state index >= 15 is 0 Å². The fraction of sp³-hybridized carbons (Fsp3) is 0.118. The Kier molecular flexibility index (Phi) is 4.36. The minimum Gasteiger partial charge on any atom is -0.462 e. The maximum atomic E-state index is 5.96. The van der Waals surface area contributed by atoms with Crippen LogP contribution >= 0.6 is 23.2 Å². The lowest BCUT2D eigenvalue weighted by molar-refractivity contribution is 0.339. The molecule has 1 saturated heterocycles. The molecule has 3 nitrogen and oxygen atoms in total. The molecule has 0 amide bonds. The van der Waals surface area contributed by atoms with Crippen LogP contribution in [-0.2, 0) is 4.74 Å². The Bertz CT molecular complexity index is 696. The molecule has 112 valence electrons. The predicted octanol–water partition coefficient (Wildman–Crippen LogP) is 5.07. The van der Waals surface area contributed by atoms with Gasteiger partial charge in [0.2, 0.25) is 0 Å². The maximum absolute atomic E-state index is 5.96. The summed E-state index contributed by atoms with van der Waals surface area (Å²) in [6.07, 6.45) is 1.85. The second-order valence-electron chi connectivity index (χ2n) is 4.83. The van der Waals surface area contributed by atoms with E-state index < -0.39 is 0 Å². The van der Waals surface area contributed by atoms with Crippen LogP contribution in [0, 0.1) is 0 Å². The van der Waals surface area contributed by atoms with Gasteiger partial charge in [-0.1, -0.05) is 29.3 Å². The number of hydrogen-bond acceptors (Lipinski definition) is 2. The third-order valence-electron chi connectivity index (χ3n) is 3.35. The highest BCUT2D eigenvalue weighted by atomic mass is 35.5. The number of halogens is 2. The van der Waals surface area contributed by atoms with Gasteiger partial charge < -0.3 is 4.74 Å². The number of nitrogens with zero attached hydrogens (tertiary/aromatic N) is 2. The van der Waals surface area contributed by atoms with Crippen molar-refractivity contribution in [1.82, 2.24) is 0 Å². The monoisotopic (exact) mass is 332 g/mol. The van der Waals surface area contributed by atoms with Crippen molar-refractivity contribution >= 4 is 40.6 Å². The first-order valence-electron chi connectivity index (χ1n) is 6.82. The summed E-state index contributed by atoms with van der Waals surface area (Å²) >= 11 is 11.9. The average molecular weight is 333 g/mol. The van der Waals surface area contributed by atoms with Gasteiger partial charge in [-0.3, -0.25) is 4.90 Å². The van der Waals surface area contributed by atoms with E-state index in [1.807, 2.05) is 47.4 Å². The van der Waals surface area contributed by atoms with E-state index in [9.17, 15) is 0 Å². The molecular formula is C17H14Cl2N2O. The highest BCUT2D eigenvalue weighted by Gasteiger charge is 2.30. The van der Waals surface area contributed by atoms with Crippen LogP contribution in [0.3, 0.4) is 0 Å². The van der Waals surface area contributed by atoms with Gasteiger partial charge in [0.1, 0.15) is 6.61 Å². The topological polar surface area (TPSA) is 24.8 Å². The van der Waals surface area contributed by atoms with E-state index in [0.29, 0.717) is 22.7 Å². The third kappa shape index (κ3) is 3.11. The van der Waals surface area contributed by atoms with Crippen LogP contribution in [-0.4, -0.2) is 18.7 Å². The van der Waals surface area contributed by atoms with Gasteiger partial charge >= 0.3 is 0 Å². The molecule has 22 heavy (non-hydrogen) atoms. The van der Waals surface area contributed by atoms with Crippen LogP contribution in [0.25, 0.3) is 0 Å². The summed E-state index contributed by atoms with van der Waals surface area (Å²) in [6, 6.07) is 15.4.